The van der Waals surface area contributed by atoms with E-state index in [9.17, 15) is 0 Å². The summed E-state index contributed by atoms with van der Waals surface area (Å²) in [6.45, 7) is 3.17. The van der Waals surface area contributed by atoms with Crippen molar-refractivity contribution in [1.29, 1.82) is 0 Å². The van der Waals surface area contributed by atoms with E-state index in [-0.39, 0.29) is 0 Å². The number of hydrogen-bond acceptors (Lipinski definition) is 1. The van der Waals surface area contributed by atoms with Crippen LogP contribution in [-0.2, 0) is 19.4 Å². The maximum atomic E-state index is 3.65. The maximum Gasteiger partial charge on any atom is 0.0211 e. The predicted octanol–water partition coefficient (Wildman–Crippen LogP) is 3.25. The van der Waals surface area contributed by atoms with Crippen molar-refractivity contribution in [1.82, 2.24) is 5.32 Å². The topological polar surface area (TPSA) is 12.0 Å². The zero-order valence-electron chi connectivity index (χ0n) is 10.8. The average molecular weight is 237 g/mol. The SMILES string of the molecule is Cc1ccc2c(c1)CNC(Cc1ccccc1)C2. The molecule has 1 nitrogen and oxygen atoms in total. The molecule has 1 N–H and O–H groups in total. The van der Waals surface area contributed by atoms with E-state index < -0.39 is 0 Å². The van der Waals surface area contributed by atoms with Crippen LogP contribution in [0, 0.1) is 6.92 Å². The van der Waals surface area contributed by atoms with Gasteiger partial charge >= 0.3 is 0 Å². The van der Waals surface area contributed by atoms with E-state index in [4.69, 9.17) is 0 Å². The maximum absolute atomic E-state index is 3.65. The van der Waals surface area contributed by atoms with Gasteiger partial charge in [0, 0.05) is 12.6 Å². The molecule has 1 unspecified atom stereocenters. The lowest BCUT2D eigenvalue weighted by Crippen LogP contribution is -2.37. The van der Waals surface area contributed by atoms with Gasteiger partial charge in [0.2, 0.25) is 0 Å². The van der Waals surface area contributed by atoms with Gasteiger partial charge < -0.3 is 5.32 Å². The molecule has 1 heterocycles. The Hall–Kier alpha value is -1.60. The van der Waals surface area contributed by atoms with Crippen LogP contribution in [0.25, 0.3) is 0 Å². The second-order valence-electron chi connectivity index (χ2n) is 5.24. The Morgan fingerprint density at radius 1 is 1.06 bits per heavy atom. The predicted molar refractivity (Wildman–Crippen MR) is 75.7 cm³/mol. The zero-order valence-corrected chi connectivity index (χ0v) is 10.8. The van der Waals surface area contributed by atoms with Crippen molar-refractivity contribution in [3.05, 3.63) is 70.8 Å². The molecule has 0 fully saturated rings. The molecule has 1 atom stereocenters. The Bertz CT molecular complexity index is 531. The summed E-state index contributed by atoms with van der Waals surface area (Å²) in [5.74, 6) is 0. The highest BCUT2D eigenvalue weighted by atomic mass is 14.9. The van der Waals surface area contributed by atoms with Gasteiger partial charge in [-0.05, 0) is 36.5 Å². The largest absolute Gasteiger partial charge is 0.309 e. The van der Waals surface area contributed by atoms with Crippen LogP contribution in [0.4, 0.5) is 0 Å². The summed E-state index contributed by atoms with van der Waals surface area (Å²) in [7, 11) is 0. The monoisotopic (exact) mass is 237 g/mol. The van der Waals surface area contributed by atoms with Crippen LogP contribution in [0.1, 0.15) is 22.3 Å². The molecule has 0 amide bonds. The highest BCUT2D eigenvalue weighted by Crippen LogP contribution is 2.20. The van der Waals surface area contributed by atoms with Gasteiger partial charge in [0.1, 0.15) is 0 Å². The number of rotatable bonds is 2. The van der Waals surface area contributed by atoms with Crippen molar-refractivity contribution in [2.24, 2.45) is 0 Å². The molecule has 0 saturated carbocycles. The molecular formula is C17H19N. The normalized spacial score (nSPS) is 18.4. The minimum atomic E-state index is 0.572. The fourth-order valence-electron chi connectivity index (χ4n) is 2.75. The van der Waals surface area contributed by atoms with Crippen LogP contribution in [-0.4, -0.2) is 6.04 Å². The van der Waals surface area contributed by atoms with Gasteiger partial charge in [0.05, 0.1) is 0 Å². The van der Waals surface area contributed by atoms with Crippen molar-refractivity contribution in [2.45, 2.75) is 32.4 Å². The third-order valence-corrected chi connectivity index (χ3v) is 3.73. The Balaban J connectivity index is 1.73. The van der Waals surface area contributed by atoms with E-state index in [2.05, 4.69) is 60.8 Å². The van der Waals surface area contributed by atoms with Crippen LogP contribution in [0.3, 0.4) is 0 Å². The molecule has 0 spiro atoms. The highest BCUT2D eigenvalue weighted by Gasteiger charge is 2.17. The first-order valence-electron chi connectivity index (χ1n) is 6.67. The number of fused-ring (bicyclic) bond motifs is 1. The highest BCUT2D eigenvalue weighted by molar-refractivity contribution is 5.34. The zero-order chi connectivity index (χ0) is 12.4. The number of hydrogen-bond donors (Lipinski definition) is 1. The molecule has 0 aliphatic carbocycles. The van der Waals surface area contributed by atoms with Crippen molar-refractivity contribution in [2.75, 3.05) is 0 Å². The van der Waals surface area contributed by atoms with Crippen LogP contribution in [0.2, 0.25) is 0 Å². The van der Waals surface area contributed by atoms with Gasteiger partial charge in [0.25, 0.3) is 0 Å². The summed E-state index contributed by atoms with van der Waals surface area (Å²) >= 11 is 0. The second kappa shape index (κ2) is 4.95. The van der Waals surface area contributed by atoms with Crippen LogP contribution in [0.5, 0.6) is 0 Å². The number of benzene rings is 2. The molecule has 3 rings (SSSR count). The summed E-state index contributed by atoms with van der Waals surface area (Å²) < 4.78 is 0. The Morgan fingerprint density at radius 2 is 1.89 bits per heavy atom. The summed E-state index contributed by atoms with van der Waals surface area (Å²) in [6.07, 6.45) is 2.26. The number of nitrogens with one attached hydrogen (secondary N) is 1. The smallest absolute Gasteiger partial charge is 0.0211 e. The van der Waals surface area contributed by atoms with Gasteiger partial charge in [-0.2, -0.15) is 0 Å². The molecule has 2 aromatic carbocycles. The Kier molecular flexibility index (Phi) is 3.16. The lowest BCUT2D eigenvalue weighted by atomic mass is 9.91. The standard InChI is InChI=1S/C17H19N/c1-13-7-8-15-11-17(18-12-16(15)9-13)10-14-5-3-2-4-6-14/h2-9,17-18H,10-12H2,1H3. The van der Waals surface area contributed by atoms with Gasteiger partial charge in [-0.15, -0.1) is 0 Å². The molecule has 0 saturated heterocycles. The van der Waals surface area contributed by atoms with Crippen molar-refractivity contribution in [3.63, 3.8) is 0 Å². The minimum Gasteiger partial charge on any atom is -0.309 e. The fraction of sp³-hybridized carbons (Fsp3) is 0.294. The molecular weight excluding hydrogens is 218 g/mol. The van der Waals surface area contributed by atoms with Crippen molar-refractivity contribution >= 4 is 0 Å². The van der Waals surface area contributed by atoms with Gasteiger partial charge in [-0.25, -0.2) is 0 Å². The van der Waals surface area contributed by atoms with Gasteiger partial charge in [-0.3, -0.25) is 0 Å². The van der Waals surface area contributed by atoms with Gasteiger partial charge in [-0.1, -0.05) is 54.1 Å². The molecule has 92 valence electrons. The molecule has 2 aromatic rings. The lowest BCUT2D eigenvalue weighted by molar-refractivity contribution is 0.477. The molecule has 0 radical (unpaired) electrons. The molecule has 0 bridgehead atoms. The Labute approximate surface area is 109 Å². The van der Waals surface area contributed by atoms with Crippen LogP contribution in [0.15, 0.2) is 48.5 Å². The molecule has 18 heavy (non-hydrogen) atoms. The van der Waals surface area contributed by atoms with Crippen LogP contribution < -0.4 is 5.32 Å². The second-order valence-corrected chi connectivity index (χ2v) is 5.24. The Morgan fingerprint density at radius 3 is 2.72 bits per heavy atom. The average Bonchev–Trinajstić information content (AvgIpc) is 2.40. The van der Waals surface area contributed by atoms with E-state index in [0.717, 1.165) is 19.4 Å². The summed E-state index contributed by atoms with van der Waals surface area (Å²) in [4.78, 5) is 0. The van der Waals surface area contributed by atoms with Crippen molar-refractivity contribution < 1.29 is 0 Å². The van der Waals surface area contributed by atoms with E-state index in [1.54, 1.807) is 0 Å². The van der Waals surface area contributed by atoms with Gasteiger partial charge in [0.15, 0.2) is 0 Å². The first-order chi connectivity index (χ1) is 8.81. The van der Waals surface area contributed by atoms with E-state index in [1.807, 2.05) is 0 Å². The van der Waals surface area contributed by atoms with E-state index in [0.29, 0.717) is 6.04 Å². The molecule has 1 aliphatic rings. The molecule has 1 heteroatoms. The summed E-state index contributed by atoms with van der Waals surface area (Å²) in [5, 5.41) is 3.65. The van der Waals surface area contributed by atoms with E-state index in [1.165, 1.54) is 22.3 Å². The molecule has 0 aromatic heterocycles. The third-order valence-electron chi connectivity index (χ3n) is 3.73. The quantitative estimate of drug-likeness (QED) is 0.845. The lowest BCUT2D eigenvalue weighted by Gasteiger charge is -2.26. The minimum absolute atomic E-state index is 0.572. The van der Waals surface area contributed by atoms with E-state index >= 15 is 0 Å². The summed E-state index contributed by atoms with van der Waals surface area (Å²) in [5.41, 5.74) is 5.77. The first-order valence-corrected chi connectivity index (χ1v) is 6.67. The third kappa shape index (κ3) is 2.46. The van der Waals surface area contributed by atoms with Crippen molar-refractivity contribution in [3.8, 4) is 0 Å². The van der Waals surface area contributed by atoms with Crippen LogP contribution >= 0.6 is 0 Å². The number of aryl methyl sites for hydroxylation is 1. The fourth-order valence-corrected chi connectivity index (χ4v) is 2.75. The molecule has 1 aliphatic heterocycles. The summed E-state index contributed by atoms with van der Waals surface area (Å²) in [6, 6.07) is 18.1. The first kappa shape index (κ1) is 11.5.